The molecule has 1 aliphatic heterocycles. The number of piperazine rings is 1. The number of hydrogen-bond acceptors (Lipinski definition) is 5. The van der Waals surface area contributed by atoms with Gasteiger partial charge in [0.05, 0.1) is 18.4 Å². The molecule has 8 heteroatoms. The van der Waals surface area contributed by atoms with Crippen molar-refractivity contribution in [2.45, 2.75) is 0 Å². The number of hydrogen-bond donors (Lipinski definition) is 2. The second kappa shape index (κ2) is 6.03. The molecule has 1 amide bonds. The molecule has 0 aliphatic carbocycles. The molecule has 1 aliphatic rings. The van der Waals surface area contributed by atoms with E-state index in [1.165, 1.54) is 13.2 Å². The fraction of sp³-hybridized carbons (Fsp3) is 0.545. The predicted molar refractivity (Wildman–Crippen MR) is 72.4 cm³/mol. The third-order valence-electron chi connectivity index (χ3n) is 2.98. The van der Waals surface area contributed by atoms with Crippen molar-refractivity contribution in [2.75, 3.05) is 38.0 Å². The second-order valence-corrected chi connectivity index (χ2v) is 4.66. The molecule has 19 heavy (non-hydrogen) atoms. The molecule has 1 saturated heterocycles. The molecule has 0 unspecified atom stereocenters. The van der Waals surface area contributed by atoms with Gasteiger partial charge in [-0.25, -0.2) is 4.68 Å². The van der Waals surface area contributed by atoms with Gasteiger partial charge in [-0.2, -0.15) is 5.10 Å². The van der Waals surface area contributed by atoms with Crippen molar-refractivity contribution < 1.29 is 4.79 Å². The van der Waals surface area contributed by atoms with Crippen LogP contribution in [0.2, 0.25) is 5.02 Å². The van der Waals surface area contributed by atoms with Crippen LogP contribution in [0.25, 0.3) is 0 Å². The summed E-state index contributed by atoms with van der Waals surface area (Å²) in [6.45, 7) is 3.11. The van der Waals surface area contributed by atoms with Gasteiger partial charge >= 0.3 is 0 Å². The normalized spacial score (nSPS) is 15.4. The summed E-state index contributed by atoms with van der Waals surface area (Å²) >= 11 is 5.90. The molecule has 1 aromatic rings. The average molecular weight is 286 g/mol. The van der Waals surface area contributed by atoms with Gasteiger partial charge in [-0.15, -0.1) is 0 Å². The highest BCUT2D eigenvalue weighted by atomic mass is 35.5. The molecular weight excluding hydrogens is 270 g/mol. The van der Waals surface area contributed by atoms with Crippen LogP contribution in [-0.4, -0.2) is 53.3 Å². The fourth-order valence-electron chi connectivity index (χ4n) is 1.83. The molecule has 0 atom stereocenters. The highest BCUT2D eigenvalue weighted by Gasteiger charge is 2.16. The number of rotatable bonds is 3. The summed E-state index contributed by atoms with van der Waals surface area (Å²) < 4.78 is 1.14. The zero-order valence-electron chi connectivity index (χ0n) is 10.6. The number of carbonyl (C=O) groups is 1. The molecule has 7 nitrogen and oxygen atoms in total. The molecule has 1 aromatic heterocycles. The minimum atomic E-state index is -0.388. The number of amides is 1. The van der Waals surface area contributed by atoms with E-state index in [0.29, 0.717) is 18.8 Å². The van der Waals surface area contributed by atoms with E-state index in [1.54, 1.807) is 4.90 Å². The van der Waals surface area contributed by atoms with Crippen molar-refractivity contribution in [3.63, 3.8) is 0 Å². The van der Waals surface area contributed by atoms with E-state index in [4.69, 9.17) is 11.6 Å². The van der Waals surface area contributed by atoms with Crippen LogP contribution in [0.1, 0.15) is 0 Å². The third kappa shape index (κ3) is 3.24. The molecular formula is C11H16ClN5O2. The van der Waals surface area contributed by atoms with Crippen LogP contribution in [-0.2, 0) is 11.8 Å². The molecule has 2 rings (SSSR count). The SMILES string of the molecule is Cn1ncc(NCC(=O)N2CCNCC2)c(Cl)c1=O. The number of nitrogens with one attached hydrogen (secondary N) is 2. The largest absolute Gasteiger partial charge is 0.373 e. The number of halogens is 1. The Morgan fingerprint density at radius 3 is 2.89 bits per heavy atom. The topological polar surface area (TPSA) is 79.3 Å². The van der Waals surface area contributed by atoms with Gasteiger partial charge in [0.15, 0.2) is 0 Å². The highest BCUT2D eigenvalue weighted by molar-refractivity contribution is 6.33. The number of anilines is 1. The predicted octanol–water partition coefficient (Wildman–Crippen LogP) is -0.723. The van der Waals surface area contributed by atoms with E-state index in [2.05, 4.69) is 15.7 Å². The fourth-order valence-corrected chi connectivity index (χ4v) is 2.07. The number of nitrogens with zero attached hydrogens (tertiary/aromatic N) is 3. The summed E-state index contributed by atoms with van der Waals surface area (Å²) in [5, 5.41) is 9.93. The van der Waals surface area contributed by atoms with Crippen molar-refractivity contribution in [1.82, 2.24) is 20.0 Å². The van der Waals surface area contributed by atoms with Crippen LogP contribution >= 0.6 is 11.6 Å². The van der Waals surface area contributed by atoms with Crippen molar-refractivity contribution in [3.05, 3.63) is 21.6 Å². The van der Waals surface area contributed by atoms with Crippen LogP contribution in [0, 0.1) is 0 Å². The molecule has 2 heterocycles. The Labute approximate surface area is 115 Å². The maximum absolute atomic E-state index is 11.9. The molecule has 0 bridgehead atoms. The van der Waals surface area contributed by atoms with Crippen LogP contribution < -0.4 is 16.2 Å². The van der Waals surface area contributed by atoms with Crippen molar-refractivity contribution in [3.8, 4) is 0 Å². The first kappa shape index (κ1) is 13.8. The van der Waals surface area contributed by atoms with Crippen molar-refractivity contribution in [1.29, 1.82) is 0 Å². The minimum absolute atomic E-state index is 0.0155. The number of carbonyl (C=O) groups excluding carboxylic acids is 1. The summed E-state index contributed by atoms with van der Waals surface area (Å²) in [6, 6.07) is 0. The average Bonchev–Trinajstić information content (AvgIpc) is 2.45. The van der Waals surface area contributed by atoms with Gasteiger partial charge < -0.3 is 15.5 Å². The van der Waals surface area contributed by atoms with Gasteiger partial charge in [0.2, 0.25) is 5.91 Å². The first-order valence-corrected chi connectivity index (χ1v) is 6.41. The summed E-state index contributed by atoms with van der Waals surface area (Å²) in [4.78, 5) is 25.3. The van der Waals surface area contributed by atoms with Crippen molar-refractivity contribution >= 4 is 23.2 Å². The molecule has 0 radical (unpaired) electrons. The van der Waals surface area contributed by atoms with Crippen LogP contribution in [0.3, 0.4) is 0 Å². The second-order valence-electron chi connectivity index (χ2n) is 4.29. The van der Waals surface area contributed by atoms with E-state index < -0.39 is 0 Å². The molecule has 1 fully saturated rings. The lowest BCUT2D eigenvalue weighted by atomic mass is 10.3. The molecule has 0 saturated carbocycles. The zero-order chi connectivity index (χ0) is 13.8. The van der Waals surface area contributed by atoms with Gasteiger partial charge in [0.25, 0.3) is 5.56 Å². The summed E-state index contributed by atoms with van der Waals surface area (Å²) in [5.74, 6) is -0.0155. The monoisotopic (exact) mass is 285 g/mol. The summed E-state index contributed by atoms with van der Waals surface area (Å²) in [6.07, 6.45) is 1.44. The quantitative estimate of drug-likeness (QED) is 0.766. The maximum Gasteiger partial charge on any atom is 0.287 e. The smallest absolute Gasteiger partial charge is 0.287 e. The van der Waals surface area contributed by atoms with E-state index >= 15 is 0 Å². The molecule has 2 N–H and O–H groups in total. The lowest BCUT2D eigenvalue weighted by Crippen LogP contribution is -2.48. The Morgan fingerprint density at radius 2 is 2.21 bits per heavy atom. The third-order valence-corrected chi connectivity index (χ3v) is 3.34. The van der Waals surface area contributed by atoms with Crippen LogP contribution in [0.5, 0.6) is 0 Å². The number of aromatic nitrogens is 2. The van der Waals surface area contributed by atoms with E-state index in [9.17, 15) is 9.59 Å². The van der Waals surface area contributed by atoms with E-state index in [-0.39, 0.29) is 23.0 Å². The van der Waals surface area contributed by atoms with Gasteiger partial charge in [0, 0.05) is 33.2 Å². The Morgan fingerprint density at radius 1 is 1.53 bits per heavy atom. The first-order valence-electron chi connectivity index (χ1n) is 6.04. The van der Waals surface area contributed by atoms with Gasteiger partial charge in [0.1, 0.15) is 5.02 Å². The van der Waals surface area contributed by atoms with E-state index in [1.807, 2.05) is 0 Å². The Balaban J connectivity index is 1.97. The van der Waals surface area contributed by atoms with Gasteiger partial charge in [-0.3, -0.25) is 9.59 Å². The Bertz CT molecular complexity index is 524. The zero-order valence-corrected chi connectivity index (χ0v) is 11.4. The molecule has 0 aromatic carbocycles. The summed E-state index contributed by atoms with van der Waals surface area (Å²) in [7, 11) is 1.52. The highest BCUT2D eigenvalue weighted by Crippen LogP contribution is 2.14. The first-order chi connectivity index (χ1) is 9.09. The number of aryl methyl sites for hydroxylation is 1. The van der Waals surface area contributed by atoms with Crippen molar-refractivity contribution in [2.24, 2.45) is 7.05 Å². The van der Waals surface area contributed by atoms with Gasteiger partial charge in [-0.1, -0.05) is 11.6 Å². The Hall–Kier alpha value is -1.60. The van der Waals surface area contributed by atoms with Gasteiger partial charge in [-0.05, 0) is 0 Å². The molecule has 104 valence electrons. The molecule has 0 spiro atoms. The summed E-state index contributed by atoms with van der Waals surface area (Å²) in [5.41, 5.74) is -0.00506. The maximum atomic E-state index is 11.9. The van der Waals surface area contributed by atoms with Crippen LogP contribution in [0.15, 0.2) is 11.0 Å². The van der Waals surface area contributed by atoms with Crippen LogP contribution in [0.4, 0.5) is 5.69 Å². The lowest BCUT2D eigenvalue weighted by Gasteiger charge is -2.27. The van der Waals surface area contributed by atoms with E-state index in [0.717, 1.165) is 17.8 Å². The standard InChI is InChI=1S/C11H16ClN5O2/c1-16-11(19)10(12)8(6-15-16)14-7-9(18)17-4-2-13-3-5-17/h6,13-14H,2-5,7H2,1H3. The minimum Gasteiger partial charge on any atom is -0.373 e. The Kier molecular flexibility index (Phi) is 4.39. The lowest BCUT2D eigenvalue weighted by molar-refractivity contribution is -0.129.